The fraction of sp³-hybridized carbons (Fsp3) is 0.667. The number of aryl methyl sites for hydroxylation is 2. The molecule has 1 heterocycles. The van der Waals surface area contributed by atoms with Gasteiger partial charge in [0.15, 0.2) is 0 Å². The number of nitrogens with zero attached hydrogens (tertiary/aromatic N) is 1. The fourth-order valence-electron chi connectivity index (χ4n) is 0.986. The van der Waals surface area contributed by atoms with E-state index in [1.54, 1.807) is 0 Å². The van der Waals surface area contributed by atoms with Gasteiger partial charge in [0.25, 0.3) is 0 Å². The molecule has 2 N–H and O–H groups in total. The van der Waals surface area contributed by atoms with Crippen LogP contribution < -0.4 is 5.73 Å². The summed E-state index contributed by atoms with van der Waals surface area (Å²) >= 11 is 0. The van der Waals surface area contributed by atoms with Crippen molar-refractivity contribution in [3.05, 3.63) is 17.5 Å². The highest BCUT2D eigenvalue weighted by molar-refractivity contribution is 5.04. The summed E-state index contributed by atoms with van der Waals surface area (Å²) in [5.41, 5.74) is 6.71. The Hall–Kier alpha value is -0.830. The maximum atomic E-state index is 5.83. The molecule has 0 saturated heterocycles. The van der Waals surface area contributed by atoms with E-state index in [0.717, 1.165) is 24.3 Å². The second-order valence-corrected chi connectivity index (χ2v) is 3.92. The molecule has 0 aliphatic carbocycles. The lowest BCUT2D eigenvalue weighted by Crippen LogP contribution is -2.32. The first-order valence-corrected chi connectivity index (χ1v) is 4.18. The zero-order valence-electron chi connectivity index (χ0n) is 7.92. The molecule has 0 aliphatic rings. The first-order valence-electron chi connectivity index (χ1n) is 4.18. The molecule has 68 valence electrons. The summed E-state index contributed by atoms with van der Waals surface area (Å²) in [7, 11) is 0. The highest BCUT2D eigenvalue weighted by atomic mass is 16.5. The van der Waals surface area contributed by atoms with Crippen LogP contribution in [0.2, 0.25) is 0 Å². The van der Waals surface area contributed by atoms with E-state index in [9.17, 15) is 0 Å². The third-order valence-electron chi connectivity index (χ3n) is 1.70. The van der Waals surface area contributed by atoms with Gasteiger partial charge in [-0.2, -0.15) is 0 Å². The molecule has 0 aliphatic heterocycles. The van der Waals surface area contributed by atoms with Crippen molar-refractivity contribution in [2.24, 2.45) is 5.73 Å². The topological polar surface area (TPSA) is 52.0 Å². The largest absolute Gasteiger partial charge is 0.361 e. The van der Waals surface area contributed by atoms with Crippen LogP contribution in [0.25, 0.3) is 0 Å². The quantitative estimate of drug-likeness (QED) is 0.746. The lowest BCUT2D eigenvalue weighted by atomic mass is 9.99. The van der Waals surface area contributed by atoms with Crippen LogP contribution in [0.3, 0.4) is 0 Å². The Balaban J connectivity index is 2.44. The first-order chi connectivity index (χ1) is 5.47. The molecular weight excluding hydrogens is 152 g/mol. The van der Waals surface area contributed by atoms with Gasteiger partial charge in [0.05, 0.1) is 5.69 Å². The second kappa shape index (κ2) is 3.27. The van der Waals surface area contributed by atoms with Gasteiger partial charge < -0.3 is 10.3 Å². The molecule has 0 saturated carbocycles. The summed E-state index contributed by atoms with van der Waals surface area (Å²) in [5.74, 6) is 0.861. The van der Waals surface area contributed by atoms with Gasteiger partial charge in [-0.25, -0.2) is 0 Å². The molecule has 1 aromatic rings. The van der Waals surface area contributed by atoms with Gasteiger partial charge in [0.1, 0.15) is 5.76 Å². The molecule has 3 heteroatoms. The van der Waals surface area contributed by atoms with Crippen LogP contribution >= 0.6 is 0 Å². The van der Waals surface area contributed by atoms with Crippen LogP contribution in [0.5, 0.6) is 0 Å². The standard InChI is InChI=1S/C9H16N2O/c1-7-6-8(11-12-7)4-5-9(2,3)10/h6H,4-5,10H2,1-3H3. The molecular formula is C9H16N2O. The van der Waals surface area contributed by atoms with Crippen molar-refractivity contribution in [1.82, 2.24) is 5.16 Å². The van der Waals surface area contributed by atoms with Gasteiger partial charge in [-0.05, 0) is 33.6 Å². The maximum absolute atomic E-state index is 5.83. The summed E-state index contributed by atoms with van der Waals surface area (Å²) in [6, 6.07) is 1.95. The summed E-state index contributed by atoms with van der Waals surface area (Å²) in [6.07, 6.45) is 1.82. The van der Waals surface area contributed by atoms with Crippen molar-refractivity contribution in [2.45, 2.75) is 39.2 Å². The SMILES string of the molecule is Cc1cc(CCC(C)(C)N)no1. The second-order valence-electron chi connectivity index (χ2n) is 3.92. The van der Waals surface area contributed by atoms with E-state index in [1.165, 1.54) is 0 Å². The Kier molecular flexibility index (Phi) is 2.52. The number of nitrogens with two attached hydrogens (primary N) is 1. The van der Waals surface area contributed by atoms with E-state index in [-0.39, 0.29) is 5.54 Å². The highest BCUT2D eigenvalue weighted by Gasteiger charge is 2.11. The summed E-state index contributed by atoms with van der Waals surface area (Å²) < 4.78 is 4.94. The van der Waals surface area contributed by atoms with Gasteiger partial charge in [0, 0.05) is 11.6 Å². The molecule has 0 spiro atoms. The number of aromatic nitrogens is 1. The summed E-state index contributed by atoms with van der Waals surface area (Å²) in [5, 5.41) is 3.89. The Morgan fingerprint density at radius 3 is 2.67 bits per heavy atom. The maximum Gasteiger partial charge on any atom is 0.133 e. The molecule has 1 rings (SSSR count). The molecule has 3 nitrogen and oxygen atoms in total. The predicted octanol–water partition coefficient (Wildman–Crippen LogP) is 1.65. The van der Waals surface area contributed by atoms with E-state index in [0.29, 0.717) is 0 Å². The van der Waals surface area contributed by atoms with E-state index in [1.807, 2.05) is 26.8 Å². The van der Waals surface area contributed by atoms with E-state index in [2.05, 4.69) is 5.16 Å². The van der Waals surface area contributed by atoms with E-state index >= 15 is 0 Å². The van der Waals surface area contributed by atoms with E-state index < -0.39 is 0 Å². The Morgan fingerprint density at radius 1 is 1.58 bits per heavy atom. The zero-order chi connectivity index (χ0) is 9.19. The van der Waals surface area contributed by atoms with Crippen molar-refractivity contribution < 1.29 is 4.52 Å². The average molecular weight is 168 g/mol. The monoisotopic (exact) mass is 168 g/mol. The van der Waals surface area contributed by atoms with Gasteiger partial charge in [-0.3, -0.25) is 0 Å². The third-order valence-corrected chi connectivity index (χ3v) is 1.70. The normalized spacial score (nSPS) is 12.0. The summed E-state index contributed by atoms with van der Waals surface area (Å²) in [6.45, 7) is 5.92. The van der Waals surface area contributed by atoms with Crippen LogP contribution in [-0.4, -0.2) is 10.7 Å². The zero-order valence-corrected chi connectivity index (χ0v) is 7.92. The first kappa shape index (κ1) is 9.26. The third kappa shape index (κ3) is 3.05. The number of rotatable bonds is 3. The van der Waals surface area contributed by atoms with Crippen molar-refractivity contribution in [2.75, 3.05) is 0 Å². The average Bonchev–Trinajstić information content (AvgIpc) is 2.30. The number of hydrogen-bond acceptors (Lipinski definition) is 3. The predicted molar refractivity (Wildman–Crippen MR) is 47.8 cm³/mol. The van der Waals surface area contributed by atoms with E-state index in [4.69, 9.17) is 10.3 Å². The van der Waals surface area contributed by atoms with Crippen molar-refractivity contribution >= 4 is 0 Å². The van der Waals surface area contributed by atoms with Crippen molar-refractivity contribution in [1.29, 1.82) is 0 Å². The van der Waals surface area contributed by atoms with Gasteiger partial charge >= 0.3 is 0 Å². The Labute approximate surface area is 72.9 Å². The molecule has 12 heavy (non-hydrogen) atoms. The molecule has 0 amide bonds. The van der Waals surface area contributed by atoms with Crippen LogP contribution in [0.1, 0.15) is 31.7 Å². The van der Waals surface area contributed by atoms with Crippen LogP contribution in [-0.2, 0) is 6.42 Å². The Bertz CT molecular complexity index is 247. The summed E-state index contributed by atoms with van der Waals surface area (Å²) in [4.78, 5) is 0. The smallest absolute Gasteiger partial charge is 0.133 e. The molecule has 0 radical (unpaired) electrons. The van der Waals surface area contributed by atoms with Gasteiger partial charge in [-0.1, -0.05) is 5.16 Å². The number of hydrogen-bond donors (Lipinski definition) is 1. The minimum atomic E-state index is -0.118. The molecule has 0 unspecified atom stereocenters. The highest BCUT2D eigenvalue weighted by Crippen LogP contribution is 2.10. The molecule has 0 bridgehead atoms. The minimum absolute atomic E-state index is 0.118. The lowest BCUT2D eigenvalue weighted by Gasteiger charge is -2.16. The molecule has 0 aromatic carbocycles. The molecule has 0 fully saturated rings. The molecule has 1 aromatic heterocycles. The minimum Gasteiger partial charge on any atom is -0.361 e. The van der Waals surface area contributed by atoms with Crippen LogP contribution in [0.4, 0.5) is 0 Å². The van der Waals surface area contributed by atoms with Crippen LogP contribution in [0, 0.1) is 6.92 Å². The molecule has 0 atom stereocenters. The van der Waals surface area contributed by atoms with Crippen molar-refractivity contribution in [3.63, 3.8) is 0 Å². The Morgan fingerprint density at radius 2 is 2.25 bits per heavy atom. The van der Waals surface area contributed by atoms with Crippen molar-refractivity contribution in [3.8, 4) is 0 Å². The lowest BCUT2D eigenvalue weighted by molar-refractivity contribution is 0.385. The van der Waals surface area contributed by atoms with Crippen LogP contribution in [0.15, 0.2) is 10.6 Å². The fourth-order valence-corrected chi connectivity index (χ4v) is 0.986. The van der Waals surface area contributed by atoms with Gasteiger partial charge in [0.2, 0.25) is 0 Å². The van der Waals surface area contributed by atoms with Gasteiger partial charge in [-0.15, -0.1) is 0 Å².